The number of rotatable bonds is 7. The summed E-state index contributed by atoms with van der Waals surface area (Å²) >= 11 is 6.37. The molecule has 0 amide bonds. The van der Waals surface area contributed by atoms with Gasteiger partial charge in [-0.25, -0.2) is 0 Å². The van der Waals surface area contributed by atoms with E-state index in [-0.39, 0.29) is 6.04 Å². The van der Waals surface area contributed by atoms with Crippen molar-refractivity contribution < 1.29 is 4.74 Å². The van der Waals surface area contributed by atoms with Gasteiger partial charge in [-0.1, -0.05) is 31.5 Å². The van der Waals surface area contributed by atoms with Crippen molar-refractivity contribution in [1.29, 1.82) is 0 Å². The topological polar surface area (TPSA) is 38.5 Å². The second-order valence-electron chi connectivity index (χ2n) is 5.75. The Kier molecular flexibility index (Phi) is 6.80. The van der Waals surface area contributed by atoms with Crippen LogP contribution in [0.15, 0.2) is 18.2 Å². The molecule has 3 nitrogen and oxygen atoms in total. The van der Waals surface area contributed by atoms with Crippen LogP contribution in [-0.2, 0) is 0 Å². The molecule has 0 aromatic heterocycles. The van der Waals surface area contributed by atoms with Gasteiger partial charge in [0.1, 0.15) is 5.75 Å². The molecule has 20 heavy (non-hydrogen) atoms. The van der Waals surface area contributed by atoms with Crippen LogP contribution in [0, 0.1) is 5.92 Å². The molecular weight excluding hydrogens is 272 g/mol. The van der Waals surface area contributed by atoms with Gasteiger partial charge < -0.3 is 10.5 Å². The van der Waals surface area contributed by atoms with E-state index in [4.69, 9.17) is 22.1 Å². The van der Waals surface area contributed by atoms with Crippen LogP contribution in [0.25, 0.3) is 0 Å². The number of hydrogen-bond acceptors (Lipinski definition) is 3. The monoisotopic (exact) mass is 298 g/mol. The van der Waals surface area contributed by atoms with Gasteiger partial charge in [-0.2, -0.15) is 0 Å². The summed E-state index contributed by atoms with van der Waals surface area (Å²) in [5.74, 6) is 1.45. The van der Waals surface area contributed by atoms with Gasteiger partial charge in [0.05, 0.1) is 13.2 Å². The van der Waals surface area contributed by atoms with E-state index >= 15 is 0 Å². The fourth-order valence-corrected chi connectivity index (χ4v) is 2.95. The van der Waals surface area contributed by atoms with Gasteiger partial charge in [0.2, 0.25) is 0 Å². The number of likely N-dealkylation sites (N-methyl/N-ethyl adjacent to an activating group) is 1. The first kappa shape index (κ1) is 17.3. The van der Waals surface area contributed by atoms with Crippen molar-refractivity contribution in [2.24, 2.45) is 11.7 Å². The molecule has 0 radical (unpaired) electrons. The average Bonchev–Trinajstić information content (AvgIpc) is 2.40. The number of halogens is 1. The van der Waals surface area contributed by atoms with Crippen LogP contribution < -0.4 is 10.5 Å². The molecule has 0 saturated heterocycles. The fourth-order valence-electron chi connectivity index (χ4n) is 2.66. The molecule has 0 aliphatic heterocycles. The van der Waals surface area contributed by atoms with Gasteiger partial charge in [-0.05, 0) is 38.4 Å². The van der Waals surface area contributed by atoms with Crippen LogP contribution >= 0.6 is 11.6 Å². The molecule has 2 unspecified atom stereocenters. The first-order chi connectivity index (χ1) is 9.42. The summed E-state index contributed by atoms with van der Waals surface area (Å²) in [4.78, 5) is 2.30. The van der Waals surface area contributed by atoms with Gasteiger partial charge in [-0.15, -0.1) is 0 Å². The highest BCUT2D eigenvalue weighted by atomic mass is 35.5. The summed E-state index contributed by atoms with van der Waals surface area (Å²) < 4.78 is 5.45. The summed E-state index contributed by atoms with van der Waals surface area (Å²) in [7, 11) is 3.77. The molecule has 2 N–H and O–H groups in total. The zero-order chi connectivity index (χ0) is 15.3. The molecule has 4 heteroatoms. The summed E-state index contributed by atoms with van der Waals surface area (Å²) in [6.45, 7) is 7.21. The molecule has 0 fully saturated rings. The lowest BCUT2D eigenvalue weighted by Crippen LogP contribution is -2.38. The van der Waals surface area contributed by atoms with Gasteiger partial charge in [-0.3, -0.25) is 4.90 Å². The fraction of sp³-hybridized carbons (Fsp3) is 0.625. The van der Waals surface area contributed by atoms with Gasteiger partial charge in [0.15, 0.2) is 0 Å². The van der Waals surface area contributed by atoms with Crippen molar-refractivity contribution in [3.63, 3.8) is 0 Å². The van der Waals surface area contributed by atoms with E-state index in [0.29, 0.717) is 23.5 Å². The number of methoxy groups -OCH3 is 1. The predicted molar refractivity (Wildman–Crippen MR) is 86.5 cm³/mol. The highest BCUT2D eigenvalue weighted by Gasteiger charge is 2.25. The van der Waals surface area contributed by atoms with Crippen molar-refractivity contribution in [3.8, 4) is 5.75 Å². The van der Waals surface area contributed by atoms with Crippen LogP contribution in [0.3, 0.4) is 0 Å². The lowest BCUT2D eigenvalue weighted by atomic mass is 9.99. The van der Waals surface area contributed by atoms with Crippen molar-refractivity contribution in [2.45, 2.75) is 39.3 Å². The Morgan fingerprint density at radius 1 is 1.30 bits per heavy atom. The Hall–Kier alpha value is -0.770. The molecule has 0 spiro atoms. The summed E-state index contributed by atoms with van der Waals surface area (Å²) in [5.41, 5.74) is 6.99. The van der Waals surface area contributed by atoms with E-state index in [0.717, 1.165) is 17.7 Å². The van der Waals surface area contributed by atoms with Crippen molar-refractivity contribution >= 4 is 11.6 Å². The van der Waals surface area contributed by atoms with Gasteiger partial charge in [0.25, 0.3) is 0 Å². The molecule has 114 valence electrons. The summed E-state index contributed by atoms with van der Waals surface area (Å²) in [5, 5.41) is 0.711. The van der Waals surface area contributed by atoms with Crippen LogP contribution in [0.5, 0.6) is 5.75 Å². The van der Waals surface area contributed by atoms with E-state index in [9.17, 15) is 0 Å². The number of nitrogens with zero attached hydrogens (tertiary/aromatic N) is 1. The second kappa shape index (κ2) is 7.87. The van der Waals surface area contributed by atoms with Crippen molar-refractivity contribution in [2.75, 3.05) is 20.7 Å². The van der Waals surface area contributed by atoms with Crippen LogP contribution in [-0.4, -0.2) is 31.6 Å². The van der Waals surface area contributed by atoms with E-state index in [2.05, 4.69) is 32.7 Å². The largest absolute Gasteiger partial charge is 0.496 e. The Morgan fingerprint density at radius 3 is 2.45 bits per heavy atom. The second-order valence-corrected chi connectivity index (χ2v) is 6.16. The van der Waals surface area contributed by atoms with Crippen LogP contribution in [0.4, 0.5) is 0 Å². The van der Waals surface area contributed by atoms with Crippen molar-refractivity contribution in [1.82, 2.24) is 4.90 Å². The minimum absolute atomic E-state index is 0.0624. The Bertz CT molecular complexity index is 423. The lowest BCUT2D eigenvalue weighted by molar-refractivity contribution is 0.166. The number of hydrogen-bond donors (Lipinski definition) is 1. The zero-order valence-electron chi connectivity index (χ0n) is 13.2. The van der Waals surface area contributed by atoms with Gasteiger partial charge >= 0.3 is 0 Å². The molecular formula is C16H27ClN2O. The molecule has 2 atom stereocenters. The average molecular weight is 299 g/mol. The minimum atomic E-state index is 0.0624. The SMILES string of the molecule is COc1cccc(Cl)c1C(CN)N(C)C(C)CC(C)C. The van der Waals surface area contributed by atoms with Gasteiger partial charge in [0, 0.05) is 23.2 Å². The molecule has 0 aliphatic rings. The van der Waals surface area contributed by atoms with Crippen LogP contribution in [0.2, 0.25) is 5.02 Å². The molecule has 1 rings (SSSR count). The molecule has 0 saturated carbocycles. The third-order valence-corrected chi connectivity index (χ3v) is 4.12. The van der Waals surface area contributed by atoms with E-state index in [1.807, 2.05) is 18.2 Å². The Balaban J connectivity index is 3.07. The third kappa shape index (κ3) is 4.11. The maximum Gasteiger partial charge on any atom is 0.125 e. The van der Waals surface area contributed by atoms with E-state index < -0.39 is 0 Å². The number of ether oxygens (including phenoxy) is 1. The molecule has 0 heterocycles. The molecule has 0 bridgehead atoms. The maximum absolute atomic E-state index is 6.37. The van der Waals surface area contributed by atoms with Crippen LogP contribution in [0.1, 0.15) is 38.8 Å². The molecule has 1 aromatic rings. The van der Waals surface area contributed by atoms with Crippen molar-refractivity contribution in [3.05, 3.63) is 28.8 Å². The zero-order valence-corrected chi connectivity index (χ0v) is 13.9. The highest BCUT2D eigenvalue weighted by molar-refractivity contribution is 6.31. The Labute approximate surface area is 128 Å². The quantitative estimate of drug-likeness (QED) is 0.834. The minimum Gasteiger partial charge on any atom is -0.496 e. The smallest absolute Gasteiger partial charge is 0.125 e. The number of benzene rings is 1. The summed E-state index contributed by atoms with van der Waals surface area (Å²) in [6, 6.07) is 6.22. The lowest BCUT2D eigenvalue weighted by Gasteiger charge is -2.34. The Morgan fingerprint density at radius 2 is 1.95 bits per heavy atom. The summed E-state index contributed by atoms with van der Waals surface area (Å²) in [6.07, 6.45) is 1.12. The first-order valence-electron chi connectivity index (χ1n) is 7.16. The van der Waals surface area contributed by atoms with E-state index in [1.165, 1.54) is 0 Å². The normalized spacial score (nSPS) is 14.7. The van der Waals surface area contributed by atoms with E-state index in [1.54, 1.807) is 7.11 Å². The predicted octanol–water partition coefficient (Wildman–Crippen LogP) is 3.71. The maximum atomic E-state index is 6.37. The third-order valence-electron chi connectivity index (χ3n) is 3.79. The highest BCUT2D eigenvalue weighted by Crippen LogP contribution is 2.35. The standard InChI is InChI=1S/C16H27ClN2O/c1-11(2)9-12(3)19(4)14(10-18)16-13(17)7-6-8-15(16)20-5/h6-8,11-12,14H,9-10,18H2,1-5H3. The first-order valence-corrected chi connectivity index (χ1v) is 7.54. The molecule has 1 aromatic carbocycles. The number of nitrogens with two attached hydrogens (primary N) is 1. The molecule has 0 aliphatic carbocycles.